The molecular formula is C21H29N2O2+. The second-order valence-corrected chi connectivity index (χ2v) is 7.11. The molecule has 3 rings (SSSR count). The number of benzene rings is 1. The number of amides is 1. The van der Waals surface area contributed by atoms with Crippen molar-refractivity contribution in [3.05, 3.63) is 60.1 Å². The fourth-order valence-corrected chi connectivity index (χ4v) is 3.76. The molecule has 0 radical (unpaired) electrons. The third kappa shape index (κ3) is 4.95. The third-order valence-corrected chi connectivity index (χ3v) is 5.24. The maximum atomic E-state index is 12.4. The number of nitrogens with one attached hydrogen (secondary N) is 2. The Morgan fingerprint density at radius 2 is 1.88 bits per heavy atom. The molecule has 134 valence electrons. The van der Waals surface area contributed by atoms with Gasteiger partial charge in [0.2, 0.25) is 5.91 Å². The van der Waals surface area contributed by atoms with E-state index in [2.05, 4.69) is 24.4 Å². The summed E-state index contributed by atoms with van der Waals surface area (Å²) in [6.07, 6.45) is 6.07. The largest absolute Gasteiger partial charge is 0.463 e. The van der Waals surface area contributed by atoms with E-state index in [0.717, 1.165) is 18.8 Å². The molecule has 0 spiro atoms. The maximum absolute atomic E-state index is 12.4. The lowest BCUT2D eigenvalue weighted by atomic mass is 9.97. The van der Waals surface area contributed by atoms with Crippen LogP contribution >= 0.6 is 0 Å². The van der Waals surface area contributed by atoms with Gasteiger partial charge in [0.05, 0.1) is 25.9 Å². The first-order valence-electron chi connectivity index (χ1n) is 9.43. The predicted molar refractivity (Wildman–Crippen MR) is 98.5 cm³/mol. The molecule has 1 aromatic heterocycles. The van der Waals surface area contributed by atoms with Gasteiger partial charge in [0.15, 0.2) is 11.8 Å². The summed E-state index contributed by atoms with van der Waals surface area (Å²) in [6, 6.07) is 14.4. The van der Waals surface area contributed by atoms with Crippen LogP contribution in [0.25, 0.3) is 0 Å². The Labute approximate surface area is 150 Å². The van der Waals surface area contributed by atoms with Gasteiger partial charge in [-0.3, -0.25) is 4.79 Å². The highest BCUT2D eigenvalue weighted by atomic mass is 16.3. The molecule has 2 aromatic rings. The van der Waals surface area contributed by atoms with E-state index >= 15 is 0 Å². The van der Waals surface area contributed by atoms with Gasteiger partial charge in [-0.2, -0.15) is 0 Å². The zero-order chi connectivity index (χ0) is 17.5. The number of piperidine rings is 1. The van der Waals surface area contributed by atoms with Gasteiger partial charge in [-0.25, -0.2) is 0 Å². The van der Waals surface area contributed by atoms with Crippen LogP contribution < -0.4 is 10.2 Å². The van der Waals surface area contributed by atoms with E-state index in [-0.39, 0.29) is 17.9 Å². The van der Waals surface area contributed by atoms with Crippen LogP contribution in [-0.2, 0) is 4.79 Å². The molecule has 0 unspecified atom stereocenters. The second-order valence-electron chi connectivity index (χ2n) is 7.11. The minimum Gasteiger partial charge on any atom is -0.463 e. The number of rotatable bonds is 7. The van der Waals surface area contributed by atoms with E-state index in [1.54, 1.807) is 6.26 Å². The zero-order valence-corrected chi connectivity index (χ0v) is 15.0. The van der Waals surface area contributed by atoms with Gasteiger partial charge in [-0.05, 0) is 42.9 Å². The highest BCUT2D eigenvalue weighted by Gasteiger charge is 2.28. The summed E-state index contributed by atoms with van der Waals surface area (Å²) in [5.74, 6) is 1.32. The number of carbonyl (C=O) groups is 1. The van der Waals surface area contributed by atoms with Gasteiger partial charge >= 0.3 is 0 Å². The fourth-order valence-electron chi connectivity index (χ4n) is 3.76. The van der Waals surface area contributed by atoms with Crippen LogP contribution in [0.4, 0.5) is 0 Å². The van der Waals surface area contributed by atoms with E-state index in [1.807, 2.05) is 30.3 Å². The number of hydrogen-bond donors (Lipinski definition) is 2. The average molecular weight is 341 g/mol. The topological polar surface area (TPSA) is 46.7 Å². The Balaban J connectivity index is 1.56. The standard InChI is InChI=1S/C21H28N2O2/c1-17(18-9-4-2-5-10-18)15-21(24)22-16-19(20-11-8-14-25-20)23-12-6-3-7-13-23/h2,4-5,8-11,14,17,19H,3,6-7,12-13,15-16H2,1H3,(H,22,24)/p+1/t17-,19-/m1/s1. The first kappa shape index (κ1) is 17.7. The molecule has 4 heteroatoms. The van der Waals surface area contributed by atoms with Gasteiger partial charge in [-0.1, -0.05) is 37.3 Å². The number of quaternary nitrogens is 1. The number of hydrogen-bond acceptors (Lipinski definition) is 2. The molecule has 0 bridgehead atoms. The van der Waals surface area contributed by atoms with Crippen molar-refractivity contribution in [2.24, 2.45) is 0 Å². The third-order valence-electron chi connectivity index (χ3n) is 5.24. The lowest BCUT2D eigenvalue weighted by molar-refractivity contribution is -0.936. The van der Waals surface area contributed by atoms with Gasteiger partial charge < -0.3 is 14.6 Å². The minimum atomic E-state index is 0.115. The molecule has 0 aliphatic carbocycles. The van der Waals surface area contributed by atoms with Crippen molar-refractivity contribution >= 4 is 5.91 Å². The molecule has 1 aliphatic heterocycles. The Kier molecular flexibility index (Phi) is 6.29. The summed E-state index contributed by atoms with van der Waals surface area (Å²) in [7, 11) is 0. The van der Waals surface area contributed by atoms with Gasteiger partial charge in [0.25, 0.3) is 0 Å². The van der Waals surface area contributed by atoms with Crippen LogP contribution in [0.5, 0.6) is 0 Å². The van der Waals surface area contributed by atoms with Gasteiger partial charge in [0.1, 0.15) is 0 Å². The zero-order valence-electron chi connectivity index (χ0n) is 15.0. The normalized spacial score (nSPS) is 17.8. The molecule has 1 amide bonds. The van der Waals surface area contributed by atoms with Crippen LogP contribution in [-0.4, -0.2) is 25.5 Å². The smallest absolute Gasteiger partial charge is 0.220 e. The Bertz CT molecular complexity index is 633. The fraction of sp³-hybridized carbons (Fsp3) is 0.476. The Morgan fingerprint density at radius 1 is 1.12 bits per heavy atom. The van der Waals surface area contributed by atoms with Crippen LogP contribution in [0.15, 0.2) is 53.1 Å². The number of furan rings is 1. The van der Waals surface area contributed by atoms with Gasteiger partial charge in [-0.15, -0.1) is 0 Å². The average Bonchev–Trinajstić information content (AvgIpc) is 3.18. The summed E-state index contributed by atoms with van der Waals surface area (Å²) in [6.45, 7) is 5.06. The number of likely N-dealkylation sites (tertiary alicyclic amines) is 1. The minimum absolute atomic E-state index is 0.115. The lowest BCUT2D eigenvalue weighted by Gasteiger charge is -2.30. The first-order chi connectivity index (χ1) is 12.2. The molecular weight excluding hydrogens is 312 g/mol. The summed E-state index contributed by atoms with van der Waals surface area (Å²) in [5.41, 5.74) is 1.21. The molecule has 2 atom stereocenters. The lowest BCUT2D eigenvalue weighted by Crippen LogP contribution is -3.13. The quantitative estimate of drug-likeness (QED) is 0.813. The second kappa shape index (κ2) is 8.86. The van der Waals surface area contributed by atoms with Crippen molar-refractivity contribution < 1.29 is 14.1 Å². The molecule has 1 aliphatic rings. The van der Waals surface area contributed by atoms with E-state index in [0.29, 0.717) is 13.0 Å². The van der Waals surface area contributed by atoms with Crippen molar-refractivity contribution in [3.63, 3.8) is 0 Å². The summed E-state index contributed by atoms with van der Waals surface area (Å²) in [4.78, 5) is 14.0. The molecule has 1 fully saturated rings. The van der Waals surface area contributed by atoms with Crippen LogP contribution in [0.3, 0.4) is 0 Å². The van der Waals surface area contributed by atoms with Crippen molar-refractivity contribution in [2.75, 3.05) is 19.6 Å². The van der Waals surface area contributed by atoms with E-state index in [4.69, 9.17) is 4.42 Å². The highest BCUT2D eigenvalue weighted by molar-refractivity contribution is 5.76. The molecule has 4 nitrogen and oxygen atoms in total. The van der Waals surface area contributed by atoms with Crippen LogP contribution in [0.1, 0.15) is 55.9 Å². The van der Waals surface area contributed by atoms with Gasteiger partial charge in [0, 0.05) is 6.42 Å². The van der Waals surface area contributed by atoms with Crippen molar-refractivity contribution in [1.29, 1.82) is 0 Å². The maximum Gasteiger partial charge on any atom is 0.220 e. The molecule has 1 saturated heterocycles. The summed E-state index contributed by atoms with van der Waals surface area (Å²) in [5, 5.41) is 3.15. The highest BCUT2D eigenvalue weighted by Crippen LogP contribution is 2.18. The molecule has 25 heavy (non-hydrogen) atoms. The molecule has 2 heterocycles. The van der Waals surface area contributed by atoms with Crippen LogP contribution in [0.2, 0.25) is 0 Å². The first-order valence-corrected chi connectivity index (χ1v) is 9.43. The molecule has 1 aromatic carbocycles. The summed E-state index contributed by atoms with van der Waals surface area (Å²) < 4.78 is 5.66. The SMILES string of the molecule is C[C@H](CC(=O)NC[C@H](c1ccco1)[NH+]1CCCCC1)c1ccccc1. The predicted octanol–water partition coefficient (Wildman–Crippen LogP) is 2.70. The van der Waals surface area contributed by atoms with Crippen molar-refractivity contribution in [1.82, 2.24) is 5.32 Å². The molecule has 0 saturated carbocycles. The molecule has 2 N–H and O–H groups in total. The monoisotopic (exact) mass is 341 g/mol. The van der Waals surface area contributed by atoms with Crippen molar-refractivity contribution in [3.8, 4) is 0 Å². The van der Waals surface area contributed by atoms with E-state index < -0.39 is 0 Å². The Hall–Kier alpha value is -2.07. The number of carbonyl (C=O) groups excluding carboxylic acids is 1. The van der Waals surface area contributed by atoms with Crippen LogP contribution in [0, 0.1) is 0 Å². The summed E-state index contributed by atoms with van der Waals surface area (Å²) >= 11 is 0. The Morgan fingerprint density at radius 3 is 2.56 bits per heavy atom. The van der Waals surface area contributed by atoms with Crippen molar-refractivity contribution in [2.45, 2.75) is 44.6 Å². The van der Waals surface area contributed by atoms with E-state index in [1.165, 1.54) is 29.7 Å². The van der Waals surface area contributed by atoms with E-state index in [9.17, 15) is 4.79 Å².